The smallest absolute Gasteiger partial charge is 0.0198 e. The Balaban J connectivity index is 2.45. The maximum Gasteiger partial charge on any atom is 0.0198 e. The Bertz CT molecular complexity index is 313. The second kappa shape index (κ2) is 9.88. The highest BCUT2D eigenvalue weighted by Gasteiger charge is 2.08. The Morgan fingerprint density at radius 1 is 1.17 bits per heavy atom. The second-order valence-corrected chi connectivity index (χ2v) is 6.62. The highest BCUT2D eigenvalue weighted by Crippen LogP contribution is 2.14. The Hall–Kier alpha value is 0.01000. The predicted molar refractivity (Wildman–Crippen MR) is 87.5 cm³/mol. The topological polar surface area (TPSA) is 12.0 Å². The predicted octanol–water partition coefficient (Wildman–Crippen LogP) is 4.50. The first-order valence-corrected chi connectivity index (χ1v) is 8.76. The summed E-state index contributed by atoms with van der Waals surface area (Å²) in [7, 11) is 0. The molecule has 1 unspecified atom stereocenters. The van der Waals surface area contributed by atoms with Crippen molar-refractivity contribution in [2.45, 2.75) is 39.2 Å². The van der Waals surface area contributed by atoms with E-state index in [-0.39, 0.29) is 0 Å². The van der Waals surface area contributed by atoms with E-state index in [0.717, 1.165) is 17.4 Å². The van der Waals surface area contributed by atoms with Gasteiger partial charge in [0.25, 0.3) is 0 Å². The van der Waals surface area contributed by atoms with E-state index in [0.29, 0.717) is 6.04 Å². The average molecular weight is 330 g/mol. The summed E-state index contributed by atoms with van der Waals surface area (Å²) in [5.41, 5.74) is 1.42. The molecule has 0 aromatic heterocycles. The van der Waals surface area contributed by atoms with Gasteiger partial charge in [0.2, 0.25) is 0 Å². The minimum absolute atomic E-state index is 0.600. The zero-order valence-electron chi connectivity index (χ0n) is 11.4. The molecule has 102 valence electrons. The van der Waals surface area contributed by atoms with Gasteiger partial charge in [0.1, 0.15) is 0 Å². The van der Waals surface area contributed by atoms with Crippen molar-refractivity contribution in [3.8, 4) is 0 Å². The van der Waals surface area contributed by atoms with E-state index in [9.17, 15) is 0 Å². The second-order valence-electron chi connectivity index (χ2n) is 4.56. The first kappa shape index (κ1) is 16.1. The minimum Gasteiger partial charge on any atom is -0.313 e. The summed E-state index contributed by atoms with van der Waals surface area (Å²) in [5.74, 6) is 2.48. The number of hydrogen-bond acceptors (Lipinski definition) is 2. The van der Waals surface area contributed by atoms with E-state index in [1.165, 1.54) is 29.9 Å². The number of rotatable bonds is 9. The van der Waals surface area contributed by atoms with Crippen LogP contribution in [0.5, 0.6) is 0 Å². The van der Waals surface area contributed by atoms with Crippen molar-refractivity contribution in [2.75, 3.05) is 18.1 Å². The van der Waals surface area contributed by atoms with Crippen LogP contribution in [0.1, 0.15) is 32.3 Å². The lowest BCUT2D eigenvalue weighted by Crippen LogP contribution is -2.34. The monoisotopic (exact) mass is 329 g/mol. The van der Waals surface area contributed by atoms with Gasteiger partial charge in [-0.3, -0.25) is 0 Å². The molecule has 0 radical (unpaired) electrons. The van der Waals surface area contributed by atoms with Crippen LogP contribution < -0.4 is 5.32 Å². The quantitative estimate of drug-likeness (QED) is 0.669. The van der Waals surface area contributed by atoms with E-state index < -0.39 is 0 Å². The zero-order valence-corrected chi connectivity index (χ0v) is 13.8. The summed E-state index contributed by atoms with van der Waals surface area (Å²) in [6.45, 7) is 5.59. The van der Waals surface area contributed by atoms with Crippen molar-refractivity contribution in [1.82, 2.24) is 5.32 Å². The molecule has 1 aromatic carbocycles. The lowest BCUT2D eigenvalue weighted by Gasteiger charge is -2.18. The Labute approximate surface area is 124 Å². The van der Waals surface area contributed by atoms with Gasteiger partial charge in [-0.25, -0.2) is 0 Å². The van der Waals surface area contributed by atoms with Crippen LogP contribution in [0.25, 0.3) is 0 Å². The van der Waals surface area contributed by atoms with Crippen LogP contribution in [0.4, 0.5) is 0 Å². The summed E-state index contributed by atoms with van der Waals surface area (Å²) in [4.78, 5) is 0. The zero-order chi connectivity index (χ0) is 13.2. The van der Waals surface area contributed by atoms with Gasteiger partial charge in [0, 0.05) is 16.3 Å². The molecule has 18 heavy (non-hydrogen) atoms. The molecule has 0 heterocycles. The SMILES string of the molecule is CCCNC(CSCCC)Cc1ccc(Br)cc1. The maximum atomic E-state index is 3.66. The van der Waals surface area contributed by atoms with Crippen LogP contribution in [0.15, 0.2) is 28.7 Å². The third-order valence-corrected chi connectivity index (χ3v) is 4.61. The van der Waals surface area contributed by atoms with Crippen LogP contribution in [0.3, 0.4) is 0 Å². The van der Waals surface area contributed by atoms with Gasteiger partial charge in [-0.05, 0) is 49.3 Å². The number of nitrogens with one attached hydrogen (secondary N) is 1. The molecule has 0 amide bonds. The Morgan fingerprint density at radius 3 is 2.50 bits per heavy atom. The van der Waals surface area contributed by atoms with Gasteiger partial charge in [-0.2, -0.15) is 11.8 Å². The van der Waals surface area contributed by atoms with Gasteiger partial charge in [-0.15, -0.1) is 0 Å². The number of halogens is 1. The van der Waals surface area contributed by atoms with E-state index in [4.69, 9.17) is 0 Å². The van der Waals surface area contributed by atoms with Crippen molar-refractivity contribution in [3.05, 3.63) is 34.3 Å². The molecule has 0 spiro atoms. The van der Waals surface area contributed by atoms with Crippen LogP contribution in [0, 0.1) is 0 Å². The molecule has 0 bridgehead atoms. The van der Waals surface area contributed by atoms with Crippen molar-refractivity contribution >= 4 is 27.7 Å². The molecule has 0 fully saturated rings. The number of benzene rings is 1. The van der Waals surface area contributed by atoms with E-state index in [1.807, 2.05) is 0 Å². The molecule has 1 aromatic rings. The largest absolute Gasteiger partial charge is 0.313 e. The molecular weight excluding hydrogens is 306 g/mol. The van der Waals surface area contributed by atoms with Crippen molar-refractivity contribution in [1.29, 1.82) is 0 Å². The molecule has 1 nitrogen and oxygen atoms in total. The van der Waals surface area contributed by atoms with E-state index in [2.05, 4.69) is 71.1 Å². The molecule has 0 aliphatic carbocycles. The fraction of sp³-hybridized carbons (Fsp3) is 0.600. The van der Waals surface area contributed by atoms with Gasteiger partial charge < -0.3 is 5.32 Å². The molecule has 0 aliphatic heterocycles. The molecule has 0 aliphatic rings. The number of thioether (sulfide) groups is 1. The van der Waals surface area contributed by atoms with Gasteiger partial charge in [-0.1, -0.05) is 41.9 Å². The lowest BCUT2D eigenvalue weighted by molar-refractivity contribution is 0.550. The van der Waals surface area contributed by atoms with Crippen LogP contribution in [-0.2, 0) is 6.42 Å². The summed E-state index contributed by atoms with van der Waals surface area (Å²) >= 11 is 5.55. The van der Waals surface area contributed by atoms with Crippen molar-refractivity contribution < 1.29 is 0 Å². The first-order chi connectivity index (χ1) is 8.76. The van der Waals surface area contributed by atoms with Gasteiger partial charge >= 0.3 is 0 Å². The highest BCUT2D eigenvalue weighted by atomic mass is 79.9. The van der Waals surface area contributed by atoms with Gasteiger partial charge in [0.15, 0.2) is 0 Å². The maximum absolute atomic E-state index is 3.66. The fourth-order valence-electron chi connectivity index (χ4n) is 1.81. The van der Waals surface area contributed by atoms with Gasteiger partial charge in [0.05, 0.1) is 0 Å². The molecule has 3 heteroatoms. The van der Waals surface area contributed by atoms with Crippen molar-refractivity contribution in [2.24, 2.45) is 0 Å². The van der Waals surface area contributed by atoms with Crippen LogP contribution in [0.2, 0.25) is 0 Å². The first-order valence-electron chi connectivity index (χ1n) is 6.81. The normalized spacial score (nSPS) is 12.6. The average Bonchev–Trinajstić information content (AvgIpc) is 2.38. The summed E-state index contributed by atoms with van der Waals surface area (Å²) in [5, 5.41) is 3.66. The molecule has 1 atom stereocenters. The third-order valence-electron chi connectivity index (χ3n) is 2.75. The van der Waals surface area contributed by atoms with Crippen LogP contribution in [-0.4, -0.2) is 24.1 Å². The molecule has 1 rings (SSSR count). The molecular formula is C15H24BrNS. The summed E-state index contributed by atoms with van der Waals surface area (Å²) < 4.78 is 1.16. The summed E-state index contributed by atoms with van der Waals surface area (Å²) in [6, 6.07) is 9.30. The molecule has 1 N–H and O–H groups in total. The lowest BCUT2D eigenvalue weighted by atomic mass is 10.1. The molecule has 0 saturated heterocycles. The van der Waals surface area contributed by atoms with Crippen molar-refractivity contribution in [3.63, 3.8) is 0 Å². The third kappa shape index (κ3) is 6.81. The highest BCUT2D eigenvalue weighted by molar-refractivity contribution is 9.10. The minimum atomic E-state index is 0.600. The van der Waals surface area contributed by atoms with Crippen LogP contribution >= 0.6 is 27.7 Å². The summed E-state index contributed by atoms with van der Waals surface area (Å²) in [6.07, 6.45) is 3.60. The Morgan fingerprint density at radius 2 is 1.89 bits per heavy atom. The Kier molecular flexibility index (Phi) is 8.82. The molecule has 0 saturated carbocycles. The standard InChI is InChI=1S/C15H24BrNS/c1-3-9-17-15(12-18-10-4-2)11-13-5-7-14(16)8-6-13/h5-8,15,17H,3-4,9-12H2,1-2H3. The van der Waals surface area contributed by atoms with E-state index >= 15 is 0 Å². The fourth-order valence-corrected chi connectivity index (χ4v) is 3.05. The van der Waals surface area contributed by atoms with E-state index in [1.54, 1.807) is 0 Å². The number of hydrogen-bond donors (Lipinski definition) is 1.